The minimum atomic E-state index is -0.293. The Morgan fingerprint density at radius 3 is 2.81 bits per heavy atom. The van der Waals surface area contributed by atoms with E-state index in [4.69, 9.17) is 9.84 Å². The molecular weight excluding hydrogens is 204 g/mol. The lowest BCUT2D eigenvalue weighted by molar-refractivity contribution is 0.188. The molecule has 1 aromatic rings. The molecule has 0 aliphatic heterocycles. The number of hydrogen-bond acceptors (Lipinski definition) is 4. The topological polar surface area (TPSA) is 54.4 Å². The van der Waals surface area contributed by atoms with Crippen molar-refractivity contribution in [3.05, 3.63) is 18.3 Å². The van der Waals surface area contributed by atoms with Gasteiger partial charge in [-0.3, -0.25) is 0 Å². The first kappa shape index (κ1) is 12.8. The fourth-order valence-electron chi connectivity index (χ4n) is 1.26. The van der Waals surface area contributed by atoms with Crippen LogP contribution in [0.3, 0.4) is 0 Å². The number of rotatable bonds is 6. The summed E-state index contributed by atoms with van der Waals surface area (Å²) in [5, 5.41) is 12.4. The Bertz CT molecular complexity index is 314. The van der Waals surface area contributed by atoms with E-state index in [-0.39, 0.29) is 12.2 Å². The summed E-state index contributed by atoms with van der Waals surface area (Å²) >= 11 is 0. The van der Waals surface area contributed by atoms with Gasteiger partial charge in [0.05, 0.1) is 17.9 Å². The molecule has 16 heavy (non-hydrogen) atoms. The summed E-state index contributed by atoms with van der Waals surface area (Å²) in [5.41, 5.74) is 0.872. The SMILES string of the molecule is CC(O)CCNc1cccnc1OC(C)C. The van der Waals surface area contributed by atoms with Crippen LogP contribution in [0.4, 0.5) is 5.69 Å². The molecule has 0 saturated carbocycles. The van der Waals surface area contributed by atoms with E-state index in [0.717, 1.165) is 5.69 Å². The highest BCUT2D eigenvalue weighted by Crippen LogP contribution is 2.21. The van der Waals surface area contributed by atoms with Crippen molar-refractivity contribution in [3.8, 4) is 5.88 Å². The fourth-order valence-corrected chi connectivity index (χ4v) is 1.26. The van der Waals surface area contributed by atoms with E-state index in [2.05, 4.69) is 10.3 Å². The van der Waals surface area contributed by atoms with Crippen LogP contribution < -0.4 is 10.1 Å². The molecule has 0 fully saturated rings. The van der Waals surface area contributed by atoms with Gasteiger partial charge in [-0.25, -0.2) is 4.98 Å². The Morgan fingerprint density at radius 1 is 1.44 bits per heavy atom. The Morgan fingerprint density at radius 2 is 2.19 bits per heavy atom. The molecule has 0 aliphatic rings. The van der Waals surface area contributed by atoms with E-state index in [1.165, 1.54) is 0 Å². The summed E-state index contributed by atoms with van der Waals surface area (Å²) < 4.78 is 5.57. The van der Waals surface area contributed by atoms with Gasteiger partial charge in [0.2, 0.25) is 5.88 Å². The van der Waals surface area contributed by atoms with Crippen LogP contribution in [0.1, 0.15) is 27.2 Å². The number of anilines is 1. The van der Waals surface area contributed by atoms with Gasteiger partial charge >= 0.3 is 0 Å². The number of aromatic nitrogens is 1. The molecule has 0 aromatic carbocycles. The van der Waals surface area contributed by atoms with Gasteiger partial charge in [-0.05, 0) is 39.3 Å². The molecule has 0 radical (unpaired) electrons. The maximum atomic E-state index is 9.16. The number of pyridine rings is 1. The summed E-state index contributed by atoms with van der Waals surface area (Å²) in [5.74, 6) is 0.614. The highest BCUT2D eigenvalue weighted by atomic mass is 16.5. The second-order valence-corrected chi connectivity index (χ2v) is 4.09. The molecule has 1 heterocycles. The third kappa shape index (κ3) is 4.49. The number of nitrogens with one attached hydrogen (secondary N) is 1. The third-order valence-electron chi connectivity index (χ3n) is 2.00. The minimum absolute atomic E-state index is 0.104. The first-order valence-electron chi connectivity index (χ1n) is 5.63. The lowest BCUT2D eigenvalue weighted by Gasteiger charge is -2.14. The average Bonchev–Trinajstić information content (AvgIpc) is 2.19. The summed E-state index contributed by atoms with van der Waals surface area (Å²) in [6.45, 7) is 6.41. The summed E-state index contributed by atoms with van der Waals surface area (Å²) in [6.07, 6.45) is 2.22. The lowest BCUT2D eigenvalue weighted by atomic mass is 10.3. The van der Waals surface area contributed by atoms with Gasteiger partial charge in [0.25, 0.3) is 0 Å². The van der Waals surface area contributed by atoms with Crippen molar-refractivity contribution in [2.45, 2.75) is 39.4 Å². The molecule has 1 aromatic heterocycles. The van der Waals surface area contributed by atoms with Crippen LogP contribution in [0.5, 0.6) is 5.88 Å². The molecule has 90 valence electrons. The molecule has 0 aliphatic carbocycles. The van der Waals surface area contributed by atoms with Crippen LogP contribution >= 0.6 is 0 Å². The van der Waals surface area contributed by atoms with Crippen LogP contribution in [0.15, 0.2) is 18.3 Å². The minimum Gasteiger partial charge on any atom is -0.473 e. The molecular formula is C12H20N2O2. The van der Waals surface area contributed by atoms with Crippen molar-refractivity contribution in [1.29, 1.82) is 0 Å². The van der Waals surface area contributed by atoms with Gasteiger partial charge < -0.3 is 15.2 Å². The van der Waals surface area contributed by atoms with E-state index in [1.807, 2.05) is 26.0 Å². The van der Waals surface area contributed by atoms with Crippen LogP contribution in [-0.2, 0) is 0 Å². The van der Waals surface area contributed by atoms with Gasteiger partial charge in [0.15, 0.2) is 0 Å². The van der Waals surface area contributed by atoms with Crippen molar-refractivity contribution in [2.24, 2.45) is 0 Å². The van der Waals surface area contributed by atoms with Crippen molar-refractivity contribution < 1.29 is 9.84 Å². The molecule has 0 bridgehead atoms. The molecule has 0 amide bonds. The maximum absolute atomic E-state index is 9.16. The van der Waals surface area contributed by atoms with Crippen LogP contribution in [0.25, 0.3) is 0 Å². The fraction of sp³-hybridized carbons (Fsp3) is 0.583. The van der Waals surface area contributed by atoms with Gasteiger partial charge in [0.1, 0.15) is 0 Å². The molecule has 4 nitrogen and oxygen atoms in total. The van der Waals surface area contributed by atoms with Gasteiger partial charge in [-0.15, -0.1) is 0 Å². The first-order chi connectivity index (χ1) is 7.59. The predicted molar refractivity (Wildman–Crippen MR) is 64.8 cm³/mol. The standard InChI is InChI=1S/C12H20N2O2/c1-9(2)16-12-11(5-4-7-14-12)13-8-6-10(3)15/h4-5,7,9-10,13,15H,6,8H2,1-3H3. The predicted octanol–water partition coefficient (Wildman–Crippen LogP) is 2.05. The average molecular weight is 224 g/mol. The zero-order valence-corrected chi connectivity index (χ0v) is 10.1. The Hall–Kier alpha value is -1.29. The number of aliphatic hydroxyl groups is 1. The normalized spacial score (nSPS) is 12.6. The van der Waals surface area contributed by atoms with E-state index >= 15 is 0 Å². The van der Waals surface area contributed by atoms with E-state index in [1.54, 1.807) is 13.1 Å². The summed E-state index contributed by atoms with van der Waals surface area (Å²) in [4.78, 5) is 4.17. The Labute approximate surface area is 96.7 Å². The van der Waals surface area contributed by atoms with Crippen molar-refractivity contribution >= 4 is 5.69 Å². The van der Waals surface area contributed by atoms with Crippen LogP contribution in [0.2, 0.25) is 0 Å². The molecule has 1 unspecified atom stereocenters. The van der Waals surface area contributed by atoms with Crippen molar-refractivity contribution in [1.82, 2.24) is 4.98 Å². The number of aliphatic hydroxyl groups excluding tert-OH is 1. The summed E-state index contributed by atoms with van der Waals surface area (Å²) in [6, 6.07) is 3.78. The highest BCUT2D eigenvalue weighted by molar-refractivity contribution is 5.51. The molecule has 2 N–H and O–H groups in total. The molecule has 0 spiro atoms. The second kappa shape index (κ2) is 6.33. The highest BCUT2D eigenvalue weighted by Gasteiger charge is 2.06. The monoisotopic (exact) mass is 224 g/mol. The van der Waals surface area contributed by atoms with Crippen molar-refractivity contribution in [2.75, 3.05) is 11.9 Å². The first-order valence-corrected chi connectivity index (χ1v) is 5.63. The smallest absolute Gasteiger partial charge is 0.237 e. The van der Waals surface area contributed by atoms with Crippen molar-refractivity contribution in [3.63, 3.8) is 0 Å². The molecule has 0 saturated heterocycles. The Balaban J connectivity index is 2.56. The number of ether oxygens (including phenoxy) is 1. The van der Waals surface area contributed by atoms with Gasteiger partial charge in [0, 0.05) is 12.7 Å². The lowest BCUT2D eigenvalue weighted by Crippen LogP contribution is -2.13. The maximum Gasteiger partial charge on any atom is 0.237 e. The third-order valence-corrected chi connectivity index (χ3v) is 2.00. The van der Waals surface area contributed by atoms with Gasteiger partial charge in [-0.1, -0.05) is 0 Å². The van der Waals surface area contributed by atoms with Crippen LogP contribution in [-0.4, -0.2) is 28.8 Å². The zero-order chi connectivity index (χ0) is 12.0. The van der Waals surface area contributed by atoms with Crippen LogP contribution in [0, 0.1) is 0 Å². The number of nitrogens with zero attached hydrogens (tertiary/aromatic N) is 1. The van der Waals surface area contributed by atoms with Gasteiger partial charge in [-0.2, -0.15) is 0 Å². The Kier molecular flexibility index (Phi) is 5.05. The molecule has 4 heteroatoms. The zero-order valence-electron chi connectivity index (χ0n) is 10.1. The molecule has 1 atom stereocenters. The number of hydrogen-bond donors (Lipinski definition) is 2. The quantitative estimate of drug-likeness (QED) is 0.776. The van der Waals surface area contributed by atoms with E-state index in [9.17, 15) is 0 Å². The molecule has 1 rings (SSSR count). The largest absolute Gasteiger partial charge is 0.473 e. The summed E-state index contributed by atoms with van der Waals surface area (Å²) in [7, 11) is 0. The van der Waals surface area contributed by atoms with E-state index < -0.39 is 0 Å². The van der Waals surface area contributed by atoms with E-state index in [0.29, 0.717) is 18.8 Å². The second-order valence-electron chi connectivity index (χ2n) is 4.09.